The Morgan fingerprint density at radius 1 is 0.943 bits per heavy atom. The van der Waals surface area contributed by atoms with Crippen LogP contribution in [0.25, 0.3) is 0 Å². The van der Waals surface area contributed by atoms with Crippen LogP contribution in [-0.4, -0.2) is 35.9 Å². The molecular weight excluding hydrogens is 443 g/mol. The zero-order valence-electron chi connectivity index (χ0n) is 20.5. The molecule has 2 amide bonds. The minimum atomic E-state index is -0.722. The molecule has 5 nitrogen and oxygen atoms in total. The van der Waals surface area contributed by atoms with Crippen molar-refractivity contribution >= 4 is 11.8 Å². The molecule has 3 rings (SSSR count). The maximum absolute atomic E-state index is 13.5. The SMILES string of the molecule is Cc1ccccc1CN(C(=O)COc1ccc(F)cc1)[C@@H](Cc1ccccc1)C(=O)NCC(C)C. The Bertz CT molecular complexity index is 1100. The van der Waals surface area contributed by atoms with Gasteiger partial charge < -0.3 is 15.0 Å². The van der Waals surface area contributed by atoms with Crippen molar-refractivity contribution in [3.05, 3.63) is 101 Å². The lowest BCUT2D eigenvalue weighted by molar-refractivity contribution is -0.142. The third kappa shape index (κ3) is 7.95. The van der Waals surface area contributed by atoms with Gasteiger partial charge in [0.25, 0.3) is 5.91 Å². The average molecular weight is 477 g/mol. The molecule has 35 heavy (non-hydrogen) atoms. The highest BCUT2D eigenvalue weighted by Gasteiger charge is 2.31. The van der Waals surface area contributed by atoms with Gasteiger partial charge in [-0.05, 0) is 53.8 Å². The summed E-state index contributed by atoms with van der Waals surface area (Å²) in [4.78, 5) is 28.5. The van der Waals surface area contributed by atoms with Crippen molar-refractivity contribution in [2.24, 2.45) is 5.92 Å². The van der Waals surface area contributed by atoms with Gasteiger partial charge in [-0.1, -0.05) is 68.4 Å². The third-order valence-electron chi connectivity index (χ3n) is 5.73. The molecule has 0 saturated carbocycles. The lowest BCUT2D eigenvalue weighted by Crippen LogP contribution is -2.52. The van der Waals surface area contributed by atoms with E-state index in [1.165, 1.54) is 24.3 Å². The molecule has 0 spiro atoms. The molecule has 0 saturated heterocycles. The van der Waals surface area contributed by atoms with Crippen LogP contribution in [0.1, 0.15) is 30.5 Å². The predicted octanol–water partition coefficient (Wildman–Crippen LogP) is 4.93. The quantitative estimate of drug-likeness (QED) is 0.427. The lowest BCUT2D eigenvalue weighted by Gasteiger charge is -2.32. The first-order valence-corrected chi connectivity index (χ1v) is 11.9. The number of amides is 2. The fourth-order valence-corrected chi connectivity index (χ4v) is 3.71. The van der Waals surface area contributed by atoms with Crippen LogP contribution in [0, 0.1) is 18.7 Å². The highest BCUT2D eigenvalue weighted by atomic mass is 19.1. The summed E-state index contributed by atoms with van der Waals surface area (Å²) >= 11 is 0. The second-order valence-electron chi connectivity index (χ2n) is 9.04. The van der Waals surface area contributed by atoms with Crippen molar-refractivity contribution in [2.75, 3.05) is 13.2 Å². The number of rotatable bonds is 11. The maximum atomic E-state index is 13.5. The fraction of sp³-hybridized carbons (Fsp3) is 0.310. The lowest BCUT2D eigenvalue weighted by atomic mass is 10.0. The zero-order chi connectivity index (χ0) is 25.2. The molecule has 1 N–H and O–H groups in total. The Balaban J connectivity index is 1.90. The normalized spacial score (nSPS) is 11.7. The number of hydrogen-bond acceptors (Lipinski definition) is 3. The smallest absolute Gasteiger partial charge is 0.261 e. The minimum absolute atomic E-state index is 0.203. The van der Waals surface area contributed by atoms with Crippen molar-refractivity contribution in [3.63, 3.8) is 0 Å². The van der Waals surface area contributed by atoms with Gasteiger partial charge >= 0.3 is 0 Å². The molecular formula is C29H33FN2O3. The molecule has 0 bridgehead atoms. The number of carbonyl (C=O) groups is 2. The molecule has 0 radical (unpaired) electrons. The molecule has 184 valence electrons. The van der Waals surface area contributed by atoms with Gasteiger partial charge in [-0.15, -0.1) is 0 Å². The number of ether oxygens (including phenoxy) is 1. The van der Waals surface area contributed by atoms with E-state index in [1.54, 1.807) is 4.90 Å². The fourth-order valence-electron chi connectivity index (χ4n) is 3.71. The van der Waals surface area contributed by atoms with E-state index in [2.05, 4.69) is 5.32 Å². The zero-order valence-corrected chi connectivity index (χ0v) is 20.5. The van der Waals surface area contributed by atoms with Gasteiger partial charge in [-0.3, -0.25) is 9.59 Å². The van der Waals surface area contributed by atoms with E-state index in [9.17, 15) is 14.0 Å². The molecule has 0 unspecified atom stereocenters. The number of nitrogens with zero attached hydrogens (tertiary/aromatic N) is 1. The Hall–Kier alpha value is -3.67. The summed E-state index contributed by atoms with van der Waals surface area (Å²) < 4.78 is 18.9. The second-order valence-corrected chi connectivity index (χ2v) is 9.04. The molecule has 0 fully saturated rings. The standard InChI is InChI=1S/C29H33FN2O3/c1-21(2)18-31-29(34)27(17-23-10-5-4-6-11-23)32(19-24-12-8-7-9-22(24)3)28(33)20-35-26-15-13-25(30)14-16-26/h4-16,21,27H,17-20H2,1-3H3,(H,31,34)/t27-/m0/s1. The Kier molecular flexibility index (Phi) is 9.41. The van der Waals surface area contributed by atoms with E-state index in [1.807, 2.05) is 75.4 Å². The van der Waals surface area contributed by atoms with Crippen LogP contribution in [0.15, 0.2) is 78.9 Å². The largest absolute Gasteiger partial charge is 0.484 e. The van der Waals surface area contributed by atoms with Crippen LogP contribution in [0.2, 0.25) is 0 Å². The van der Waals surface area contributed by atoms with Gasteiger partial charge in [0, 0.05) is 19.5 Å². The molecule has 3 aromatic carbocycles. The van der Waals surface area contributed by atoms with Crippen LogP contribution in [-0.2, 0) is 22.6 Å². The summed E-state index contributed by atoms with van der Waals surface area (Å²) in [7, 11) is 0. The van der Waals surface area contributed by atoms with Crippen molar-refractivity contribution in [1.29, 1.82) is 0 Å². The first-order valence-electron chi connectivity index (χ1n) is 11.9. The first-order chi connectivity index (χ1) is 16.8. The van der Waals surface area contributed by atoms with Crippen molar-refractivity contribution in [2.45, 2.75) is 39.8 Å². The Morgan fingerprint density at radius 3 is 2.26 bits per heavy atom. The van der Waals surface area contributed by atoms with Crippen molar-refractivity contribution in [3.8, 4) is 5.75 Å². The van der Waals surface area contributed by atoms with Gasteiger partial charge in [-0.2, -0.15) is 0 Å². The molecule has 0 aliphatic heterocycles. The number of aryl methyl sites for hydroxylation is 1. The Morgan fingerprint density at radius 2 is 1.60 bits per heavy atom. The van der Waals surface area contributed by atoms with E-state index < -0.39 is 6.04 Å². The molecule has 3 aromatic rings. The number of hydrogen-bond donors (Lipinski definition) is 1. The van der Waals surface area contributed by atoms with Gasteiger partial charge in [0.1, 0.15) is 17.6 Å². The topological polar surface area (TPSA) is 58.6 Å². The van der Waals surface area contributed by atoms with Gasteiger partial charge in [0.05, 0.1) is 0 Å². The van der Waals surface area contributed by atoms with Crippen molar-refractivity contribution in [1.82, 2.24) is 10.2 Å². The van der Waals surface area contributed by atoms with Gasteiger partial charge in [-0.25, -0.2) is 4.39 Å². The highest BCUT2D eigenvalue weighted by Crippen LogP contribution is 2.18. The number of carbonyl (C=O) groups excluding carboxylic acids is 2. The number of nitrogens with one attached hydrogen (secondary N) is 1. The minimum Gasteiger partial charge on any atom is -0.484 e. The average Bonchev–Trinajstić information content (AvgIpc) is 2.85. The van der Waals surface area contributed by atoms with E-state index in [0.717, 1.165) is 16.7 Å². The molecule has 0 aromatic heterocycles. The summed E-state index contributed by atoms with van der Waals surface area (Å²) in [5, 5.41) is 3.00. The molecule has 6 heteroatoms. The summed E-state index contributed by atoms with van der Waals surface area (Å²) in [6.07, 6.45) is 0.374. The van der Waals surface area contributed by atoms with Crippen LogP contribution in [0.3, 0.4) is 0 Å². The predicted molar refractivity (Wildman–Crippen MR) is 135 cm³/mol. The molecule has 0 aliphatic rings. The maximum Gasteiger partial charge on any atom is 0.261 e. The number of benzene rings is 3. The molecule has 0 heterocycles. The van der Waals surface area contributed by atoms with Gasteiger partial charge in [0.15, 0.2) is 6.61 Å². The van der Waals surface area contributed by atoms with Crippen molar-refractivity contribution < 1.29 is 18.7 Å². The monoisotopic (exact) mass is 476 g/mol. The van der Waals surface area contributed by atoms with E-state index in [-0.39, 0.29) is 36.7 Å². The van der Waals surface area contributed by atoms with E-state index in [0.29, 0.717) is 18.7 Å². The Labute approximate surface area is 206 Å². The second kappa shape index (κ2) is 12.7. The summed E-state index contributed by atoms with van der Waals surface area (Å²) in [5.41, 5.74) is 2.95. The summed E-state index contributed by atoms with van der Waals surface area (Å²) in [6, 6.07) is 22.3. The van der Waals surface area contributed by atoms with Gasteiger partial charge in [0.2, 0.25) is 5.91 Å². The summed E-state index contributed by atoms with van der Waals surface area (Å²) in [5.74, 6) is -0.239. The van der Waals surface area contributed by atoms with Crippen LogP contribution in [0.4, 0.5) is 4.39 Å². The molecule has 0 aliphatic carbocycles. The summed E-state index contributed by atoms with van der Waals surface area (Å²) in [6.45, 7) is 6.56. The van der Waals surface area contributed by atoms with Crippen LogP contribution < -0.4 is 10.1 Å². The third-order valence-corrected chi connectivity index (χ3v) is 5.73. The molecule has 1 atom stereocenters. The van der Waals surface area contributed by atoms with E-state index >= 15 is 0 Å². The van der Waals surface area contributed by atoms with Crippen LogP contribution >= 0.6 is 0 Å². The first kappa shape index (κ1) is 25.9. The van der Waals surface area contributed by atoms with E-state index in [4.69, 9.17) is 4.74 Å². The van der Waals surface area contributed by atoms with Crippen LogP contribution in [0.5, 0.6) is 5.75 Å². The highest BCUT2D eigenvalue weighted by molar-refractivity contribution is 5.88. The number of halogens is 1.